The van der Waals surface area contributed by atoms with Crippen molar-refractivity contribution < 1.29 is 13.2 Å². The average molecular weight is 519 g/mol. The maximum Gasteiger partial charge on any atom is 0.242 e. The summed E-state index contributed by atoms with van der Waals surface area (Å²) in [6.07, 6.45) is 2.85. The van der Waals surface area contributed by atoms with Gasteiger partial charge in [0.05, 0.1) is 7.11 Å². The first-order chi connectivity index (χ1) is 13.0. The number of nitrogens with one attached hydrogen (secondary N) is 2. The van der Waals surface area contributed by atoms with E-state index >= 15 is 0 Å². The average Bonchev–Trinajstić information content (AvgIpc) is 2.69. The van der Waals surface area contributed by atoms with Crippen LogP contribution < -0.4 is 14.8 Å². The van der Waals surface area contributed by atoms with Gasteiger partial charge in [-0.25, -0.2) is 13.1 Å². The molecule has 10 heteroatoms. The fourth-order valence-corrected chi connectivity index (χ4v) is 3.41. The van der Waals surface area contributed by atoms with Gasteiger partial charge in [-0.1, -0.05) is 12.1 Å². The van der Waals surface area contributed by atoms with E-state index in [0.29, 0.717) is 19.0 Å². The Hall–Kier alpha value is -1.92. The standard InChI is InChI=1S/C18H25N5O3S.HI/c1-19-18(23(2)14-15-6-8-16(26-3)9-7-15)21-11-12-22-27(24,25)17-5-4-10-20-13-17;/h4-10,13,22H,11-12,14H2,1-3H3,(H,19,21);1H. The van der Waals surface area contributed by atoms with Gasteiger partial charge in [-0.2, -0.15) is 0 Å². The number of rotatable bonds is 8. The van der Waals surface area contributed by atoms with Gasteiger partial charge in [-0.3, -0.25) is 9.98 Å². The SMILES string of the molecule is CN=C(NCCNS(=O)(=O)c1cccnc1)N(C)Cc1ccc(OC)cc1.I. The van der Waals surface area contributed by atoms with E-state index in [-0.39, 0.29) is 35.4 Å². The second-order valence-electron chi connectivity index (χ2n) is 5.76. The molecule has 0 amide bonds. The van der Waals surface area contributed by atoms with E-state index in [4.69, 9.17) is 4.74 Å². The van der Waals surface area contributed by atoms with Crippen molar-refractivity contribution in [2.75, 3.05) is 34.3 Å². The molecule has 0 saturated carbocycles. The molecule has 1 aromatic heterocycles. The number of aromatic nitrogens is 1. The van der Waals surface area contributed by atoms with Crippen molar-refractivity contribution in [3.05, 3.63) is 54.4 Å². The monoisotopic (exact) mass is 519 g/mol. The Morgan fingerprint density at radius 3 is 2.50 bits per heavy atom. The Morgan fingerprint density at radius 1 is 1.21 bits per heavy atom. The number of hydrogen-bond donors (Lipinski definition) is 2. The highest BCUT2D eigenvalue weighted by atomic mass is 127. The molecule has 0 bridgehead atoms. The zero-order valence-electron chi connectivity index (χ0n) is 16.1. The van der Waals surface area contributed by atoms with Crippen molar-refractivity contribution in [2.45, 2.75) is 11.4 Å². The molecule has 1 heterocycles. The van der Waals surface area contributed by atoms with E-state index in [9.17, 15) is 8.42 Å². The second kappa shape index (κ2) is 11.8. The van der Waals surface area contributed by atoms with Crippen LogP contribution in [-0.4, -0.2) is 58.6 Å². The molecule has 2 rings (SSSR count). The number of methoxy groups -OCH3 is 1. The molecule has 154 valence electrons. The summed E-state index contributed by atoms with van der Waals surface area (Å²) in [6.45, 7) is 1.29. The number of aliphatic imine (C=N–C) groups is 1. The van der Waals surface area contributed by atoms with Gasteiger partial charge >= 0.3 is 0 Å². The van der Waals surface area contributed by atoms with Crippen LogP contribution >= 0.6 is 24.0 Å². The third-order valence-electron chi connectivity index (χ3n) is 3.80. The Kier molecular flexibility index (Phi) is 10.2. The lowest BCUT2D eigenvalue weighted by Crippen LogP contribution is -2.42. The molecule has 0 fully saturated rings. The van der Waals surface area contributed by atoms with Gasteiger partial charge in [0.25, 0.3) is 0 Å². The summed E-state index contributed by atoms with van der Waals surface area (Å²) >= 11 is 0. The first kappa shape index (κ1) is 24.1. The lowest BCUT2D eigenvalue weighted by molar-refractivity contribution is 0.414. The summed E-state index contributed by atoms with van der Waals surface area (Å²) in [6, 6.07) is 10.9. The minimum absolute atomic E-state index is 0. The lowest BCUT2D eigenvalue weighted by atomic mass is 10.2. The van der Waals surface area contributed by atoms with Gasteiger partial charge < -0.3 is 15.0 Å². The maximum absolute atomic E-state index is 12.1. The number of pyridine rings is 1. The number of benzene rings is 1. The topological polar surface area (TPSA) is 95.9 Å². The van der Waals surface area contributed by atoms with Crippen LogP contribution in [0.1, 0.15) is 5.56 Å². The number of ether oxygens (including phenoxy) is 1. The normalized spacial score (nSPS) is 11.5. The fourth-order valence-electron chi connectivity index (χ4n) is 2.41. The quantitative estimate of drug-likeness (QED) is 0.239. The van der Waals surface area contributed by atoms with Crippen LogP contribution in [0.4, 0.5) is 0 Å². The Morgan fingerprint density at radius 2 is 1.93 bits per heavy atom. The van der Waals surface area contributed by atoms with Crippen LogP contribution in [-0.2, 0) is 16.6 Å². The summed E-state index contributed by atoms with van der Waals surface area (Å²) < 4.78 is 32.0. The molecular formula is C18H26IN5O3S. The third-order valence-corrected chi connectivity index (χ3v) is 5.24. The van der Waals surface area contributed by atoms with Crippen molar-refractivity contribution in [2.24, 2.45) is 4.99 Å². The lowest BCUT2D eigenvalue weighted by Gasteiger charge is -2.22. The summed E-state index contributed by atoms with van der Waals surface area (Å²) in [4.78, 5) is 10.2. The largest absolute Gasteiger partial charge is 0.497 e. The van der Waals surface area contributed by atoms with Crippen LogP contribution in [0.5, 0.6) is 5.75 Å². The van der Waals surface area contributed by atoms with Crippen LogP contribution in [0.2, 0.25) is 0 Å². The minimum Gasteiger partial charge on any atom is -0.497 e. The van der Waals surface area contributed by atoms with Crippen LogP contribution in [0.25, 0.3) is 0 Å². The molecule has 0 aliphatic rings. The van der Waals surface area contributed by atoms with Crippen molar-refractivity contribution in [3.8, 4) is 5.75 Å². The van der Waals surface area contributed by atoms with Gasteiger partial charge in [0.15, 0.2) is 5.96 Å². The zero-order chi connectivity index (χ0) is 19.7. The summed E-state index contributed by atoms with van der Waals surface area (Å²) in [5.41, 5.74) is 1.11. The molecule has 0 aliphatic carbocycles. The molecule has 0 atom stereocenters. The van der Waals surface area contributed by atoms with E-state index in [1.165, 1.54) is 18.5 Å². The Balaban J connectivity index is 0.00000392. The molecule has 28 heavy (non-hydrogen) atoms. The van der Waals surface area contributed by atoms with Gasteiger partial charge in [0.1, 0.15) is 10.6 Å². The molecule has 1 aromatic carbocycles. The highest BCUT2D eigenvalue weighted by Gasteiger charge is 2.13. The number of guanidine groups is 1. The minimum atomic E-state index is -3.56. The van der Waals surface area contributed by atoms with Gasteiger partial charge in [-0.15, -0.1) is 24.0 Å². The first-order valence-corrected chi connectivity index (χ1v) is 9.89. The molecule has 0 saturated heterocycles. The molecule has 2 aromatic rings. The van der Waals surface area contributed by atoms with E-state index < -0.39 is 10.0 Å². The van der Waals surface area contributed by atoms with Crippen molar-refractivity contribution >= 4 is 40.0 Å². The number of sulfonamides is 1. The first-order valence-electron chi connectivity index (χ1n) is 8.40. The van der Waals surface area contributed by atoms with E-state index in [0.717, 1.165) is 11.3 Å². The van der Waals surface area contributed by atoms with Crippen molar-refractivity contribution in [1.29, 1.82) is 0 Å². The summed E-state index contributed by atoms with van der Waals surface area (Å²) in [5.74, 6) is 1.48. The van der Waals surface area contributed by atoms with Crippen molar-refractivity contribution in [1.82, 2.24) is 19.9 Å². The number of hydrogen-bond acceptors (Lipinski definition) is 5. The molecule has 0 aliphatic heterocycles. The van der Waals surface area contributed by atoms with E-state index in [1.54, 1.807) is 20.2 Å². The second-order valence-corrected chi connectivity index (χ2v) is 7.53. The molecule has 0 radical (unpaired) electrons. The highest BCUT2D eigenvalue weighted by molar-refractivity contribution is 14.0. The third kappa shape index (κ3) is 7.24. The Labute approximate surface area is 183 Å². The molecule has 0 unspecified atom stereocenters. The number of halogens is 1. The predicted molar refractivity (Wildman–Crippen MR) is 121 cm³/mol. The molecule has 2 N–H and O–H groups in total. The van der Waals surface area contributed by atoms with E-state index in [2.05, 4.69) is 20.0 Å². The van der Waals surface area contributed by atoms with Gasteiger partial charge in [-0.05, 0) is 29.8 Å². The van der Waals surface area contributed by atoms with E-state index in [1.807, 2.05) is 36.2 Å². The molecular weight excluding hydrogens is 493 g/mol. The molecule has 8 nitrogen and oxygen atoms in total. The van der Waals surface area contributed by atoms with Crippen LogP contribution in [0, 0.1) is 0 Å². The number of nitrogens with zero attached hydrogens (tertiary/aromatic N) is 3. The summed E-state index contributed by atoms with van der Waals surface area (Å²) in [7, 11) is 1.68. The molecule has 0 spiro atoms. The highest BCUT2D eigenvalue weighted by Crippen LogP contribution is 2.12. The maximum atomic E-state index is 12.1. The Bertz CT molecular complexity index is 845. The van der Waals surface area contributed by atoms with Crippen LogP contribution in [0.15, 0.2) is 58.7 Å². The van der Waals surface area contributed by atoms with Gasteiger partial charge in [0.2, 0.25) is 10.0 Å². The van der Waals surface area contributed by atoms with Gasteiger partial charge in [0, 0.05) is 46.1 Å². The zero-order valence-corrected chi connectivity index (χ0v) is 19.3. The predicted octanol–water partition coefficient (Wildman–Crippen LogP) is 1.69. The smallest absolute Gasteiger partial charge is 0.242 e. The van der Waals surface area contributed by atoms with Crippen LogP contribution in [0.3, 0.4) is 0 Å². The summed E-state index contributed by atoms with van der Waals surface area (Å²) in [5, 5.41) is 3.14. The fraction of sp³-hybridized carbons (Fsp3) is 0.333. The van der Waals surface area contributed by atoms with Crippen molar-refractivity contribution in [3.63, 3.8) is 0 Å².